The number of aromatic nitrogens is 1. The van der Waals surface area contributed by atoms with Gasteiger partial charge in [-0.05, 0) is 39.8 Å². The summed E-state index contributed by atoms with van der Waals surface area (Å²) in [6, 6.07) is 6.55. The van der Waals surface area contributed by atoms with Crippen LogP contribution in [0.25, 0.3) is 10.9 Å². The minimum Gasteiger partial charge on any atom is -0.598 e. The van der Waals surface area contributed by atoms with Crippen LogP contribution < -0.4 is 4.72 Å². The molecule has 2 aromatic rings. The van der Waals surface area contributed by atoms with Gasteiger partial charge in [-0.2, -0.15) is 0 Å². The quantitative estimate of drug-likeness (QED) is 0.882. The van der Waals surface area contributed by atoms with E-state index in [2.05, 4.69) is 9.71 Å². The van der Waals surface area contributed by atoms with E-state index in [9.17, 15) is 8.94 Å². The lowest BCUT2D eigenvalue weighted by Crippen LogP contribution is -2.40. The maximum absolute atomic E-state index is 14.1. The highest BCUT2D eigenvalue weighted by Gasteiger charge is 2.29. The van der Waals surface area contributed by atoms with E-state index in [1.54, 1.807) is 12.3 Å². The summed E-state index contributed by atoms with van der Waals surface area (Å²) in [5.74, 6) is -0.331. The molecule has 0 fully saturated rings. The molecular weight excluding hydrogens is 275 g/mol. The van der Waals surface area contributed by atoms with Gasteiger partial charge in [0.25, 0.3) is 0 Å². The molecule has 0 spiro atoms. The van der Waals surface area contributed by atoms with Gasteiger partial charge in [-0.25, -0.2) is 4.39 Å². The third-order valence-electron chi connectivity index (χ3n) is 3.03. The van der Waals surface area contributed by atoms with Gasteiger partial charge in [-0.3, -0.25) is 4.98 Å². The Labute approximate surface area is 121 Å². The van der Waals surface area contributed by atoms with Crippen LogP contribution in [0.4, 0.5) is 4.39 Å². The van der Waals surface area contributed by atoms with Gasteiger partial charge < -0.3 is 4.55 Å². The molecule has 1 aromatic carbocycles. The Balaban J connectivity index is 2.30. The summed E-state index contributed by atoms with van der Waals surface area (Å²) in [7, 11) is 0. The molecule has 0 bridgehead atoms. The first-order valence-corrected chi connectivity index (χ1v) is 7.66. The van der Waals surface area contributed by atoms with Crippen LogP contribution in [-0.2, 0) is 11.4 Å². The SMILES string of the molecule is C[C@H](N[S+]([O-])C(C)(C)C)c1cc2cccnc2cc1F. The molecule has 0 saturated carbocycles. The van der Waals surface area contributed by atoms with Gasteiger partial charge in [-0.1, -0.05) is 6.07 Å². The summed E-state index contributed by atoms with van der Waals surface area (Å²) >= 11 is -1.24. The molecule has 5 heteroatoms. The standard InChI is InChI=1S/C15H19FN2OS/c1-10(18-20(19)15(2,3)4)12-8-11-6-5-7-17-14(11)9-13(12)16/h5-10,18H,1-4H3/t10-,20?/m0/s1. The Morgan fingerprint density at radius 3 is 2.70 bits per heavy atom. The van der Waals surface area contributed by atoms with E-state index >= 15 is 0 Å². The second kappa shape index (κ2) is 5.68. The van der Waals surface area contributed by atoms with Crippen molar-refractivity contribution < 1.29 is 8.94 Å². The monoisotopic (exact) mass is 294 g/mol. The Hall–Kier alpha value is -1.17. The molecule has 108 valence electrons. The van der Waals surface area contributed by atoms with Crippen LogP contribution >= 0.6 is 0 Å². The van der Waals surface area contributed by atoms with Crippen LogP contribution in [0.3, 0.4) is 0 Å². The molecule has 2 atom stereocenters. The van der Waals surface area contributed by atoms with Crippen molar-refractivity contribution in [1.82, 2.24) is 9.71 Å². The summed E-state index contributed by atoms with van der Waals surface area (Å²) in [5, 5.41) is 0.874. The van der Waals surface area contributed by atoms with E-state index in [0.29, 0.717) is 11.1 Å². The van der Waals surface area contributed by atoms with Crippen molar-refractivity contribution in [2.24, 2.45) is 0 Å². The van der Waals surface area contributed by atoms with Crippen molar-refractivity contribution in [3.8, 4) is 0 Å². The molecule has 0 aliphatic heterocycles. The lowest BCUT2D eigenvalue weighted by molar-refractivity contribution is 0.523. The zero-order valence-electron chi connectivity index (χ0n) is 12.1. The lowest BCUT2D eigenvalue weighted by atomic mass is 10.1. The molecule has 20 heavy (non-hydrogen) atoms. The van der Waals surface area contributed by atoms with Crippen LogP contribution in [0.15, 0.2) is 30.5 Å². The van der Waals surface area contributed by atoms with Crippen molar-refractivity contribution in [2.45, 2.75) is 38.5 Å². The first-order chi connectivity index (χ1) is 9.29. The van der Waals surface area contributed by atoms with E-state index in [0.717, 1.165) is 5.39 Å². The Kier molecular flexibility index (Phi) is 4.32. The van der Waals surface area contributed by atoms with Gasteiger partial charge in [0.05, 0.1) is 11.6 Å². The Morgan fingerprint density at radius 1 is 1.35 bits per heavy atom. The second-order valence-electron chi connectivity index (χ2n) is 5.79. The number of benzene rings is 1. The number of pyridine rings is 1. The first-order valence-electron chi connectivity index (χ1n) is 6.51. The number of rotatable bonds is 3. The number of fused-ring (bicyclic) bond motifs is 1. The number of nitrogens with zero attached hydrogens (tertiary/aromatic N) is 1. The number of hydrogen-bond donors (Lipinski definition) is 1. The summed E-state index contributed by atoms with van der Waals surface area (Å²) in [6.45, 7) is 7.45. The van der Waals surface area contributed by atoms with Gasteiger partial charge >= 0.3 is 0 Å². The summed E-state index contributed by atoms with van der Waals surface area (Å²) in [6.07, 6.45) is 1.64. The minimum atomic E-state index is -1.24. The molecule has 1 heterocycles. The number of hydrogen-bond acceptors (Lipinski definition) is 3. The number of nitrogens with one attached hydrogen (secondary N) is 1. The molecule has 0 saturated heterocycles. The molecule has 0 amide bonds. The van der Waals surface area contributed by atoms with Crippen molar-refractivity contribution in [1.29, 1.82) is 0 Å². The van der Waals surface area contributed by atoms with Gasteiger partial charge in [0.2, 0.25) is 0 Å². The van der Waals surface area contributed by atoms with Crippen molar-refractivity contribution in [3.63, 3.8) is 0 Å². The Morgan fingerprint density at radius 2 is 2.05 bits per heavy atom. The molecular formula is C15H19FN2OS. The smallest absolute Gasteiger partial charge is 0.136 e. The largest absolute Gasteiger partial charge is 0.598 e. The Bertz CT molecular complexity index is 612. The zero-order chi connectivity index (χ0) is 14.9. The van der Waals surface area contributed by atoms with E-state index < -0.39 is 11.4 Å². The van der Waals surface area contributed by atoms with Crippen LogP contribution in [0.2, 0.25) is 0 Å². The first kappa shape index (κ1) is 15.2. The van der Waals surface area contributed by atoms with Crippen LogP contribution in [-0.4, -0.2) is 14.3 Å². The second-order valence-corrected chi connectivity index (χ2v) is 7.79. The van der Waals surface area contributed by atoms with Crippen LogP contribution in [0, 0.1) is 5.82 Å². The summed E-state index contributed by atoms with van der Waals surface area (Å²) < 4.78 is 28.8. The van der Waals surface area contributed by atoms with Gasteiger partial charge in [0.15, 0.2) is 0 Å². The molecule has 0 aliphatic carbocycles. The third-order valence-corrected chi connectivity index (χ3v) is 4.71. The molecule has 1 N–H and O–H groups in total. The lowest BCUT2D eigenvalue weighted by Gasteiger charge is -2.26. The molecule has 1 aromatic heterocycles. The van der Waals surface area contributed by atoms with Crippen LogP contribution in [0.1, 0.15) is 39.3 Å². The van der Waals surface area contributed by atoms with E-state index in [1.807, 2.05) is 39.8 Å². The average molecular weight is 294 g/mol. The third kappa shape index (κ3) is 3.29. The fraction of sp³-hybridized carbons (Fsp3) is 0.400. The van der Waals surface area contributed by atoms with E-state index in [1.165, 1.54) is 6.07 Å². The fourth-order valence-corrected chi connectivity index (χ4v) is 2.65. The molecule has 3 nitrogen and oxygen atoms in total. The number of halogens is 1. The zero-order valence-corrected chi connectivity index (χ0v) is 12.9. The predicted molar refractivity (Wildman–Crippen MR) is 81.1 cm³/mol. The van der Waals surface area contributed by atoms with Crippen molar-refractivity contribution in [3.05, 3.63) is 41.8 Å². The molecule has 0 aliphatic rings. The van der Waals surface area contributed by atoms with Gasteiger partial charge in [0.1, 0.15) is 10.6 Å². The summed E-state index contributed by atoms with van der Waals surface area (Å²) in [4.78, 5) is 4.12. The topological polar surface area (TPSA) is 48.0 Å². The fourth-order valence-electron chi connectivity index (χ4n) is 1.85. The van der Waals surface area contributed by atoms with Gasteiger partial charge in [0, 0.05) is 34.6 Å². The maximum Gasteiger partial charge on any atom is 0.136 e. The maximum atomic E-state index is 14.1. The highest BCUT2D eigenvalue weighted by Crippen LogP contribution is 2.25. The molecule has 1 unspecified atom stereocenters. The van der Waals surface area contributed by atoms with Crippen LogP contribution in [0.5, 0.6) is 0 Å². The highest BCUT2D eigenvalue weighted by atomic mass is 32.2. The predicted octanol–water partition coefficient (Wildman–Crippen LogP) is 3.49. The molecule has 0 radical (unpaired) electrons. The minimum absolute atomic E-state index is 0.331. The van der Waals surface area contributed by atoms with E-state index in [4.69, 9.17) is 0 Å². The van der Waals surface area contributed by atoms with Gasteiger partial charge in [-0.15, -0.1) is 4.72 Å². The molecule has 2 rings (SSSR count). The average Bonchev–Trinajstić information content (AvgIpc) is 2.36. The van der Waals surface area contributed by atoms with E-state index in [-0.39, 0.29) is 16.6 Å². The summed E-state index contributed by atoms with van der Waals surface area (Å²) in [5.41, 5.74) is 1.13. The normalized spacial score (nSPS) is 15.3. The van der Waals surface area contributed by atoms with Crippen molar-refractivity contribution in [2.75, 3.05) is 0 Å². The van der Waals surface area contributed by atoms with Crippen molar-refractivity contribution >= 4 is 22.3 Å². The highest BCUT2D eigenvalue weighted by molar-refractivity contribution is 7.90.